The van der Waals surface area contributed by atoms with E-state index < -0.39 is 10.0 Å². The lowest BCUT2D eigenvalue weighted by molar-refractivity contribution is 0.321. The zero-order valence-corrected chi connectivity index (χ0v) is 14.0. The molecule has 0 aliphatic carbocycles. The summed E-state index contributed by atoms with van der Waals surface area (Å²) in [7, 11) is -3.04. The van der Waals surface area contributed by atoms with Crippen molar-refractivity contribution in [1.82, 2.24) is 4.31 Å². The number of hydrogen-bond acceptors (Lipinski definition) is 3. The monoisotopic (exact) mass is 361 g/mol. The highest BCUT2D eigenvalue weighted by Crippen LogP contribution is 2.29. The van der Waals surface area contributed by atoms with Crippen LogP contribution in [0.15, 0.2) is 24.3 Å². The van der Waals surface area contributed by atoms with Crippen LogP contribution in [0.4, 0.5) is 0 Å². The molecule has 0 aromatic heterocycles. The third kappa shape index (κ3) is 4.20. The van der Waals surface area contributed by atoms with E-state index in [1.54, 1.807) is 4.31 Å². The Hall–Kier alpha value is -0.590. The Kier molecular flexibility index (Phi) is 5.46. The first-order valence-electron chi connectivity index (χ1n) is 6.74. The lowest BCUT2D eigenvalue weighted by Crippen LogP contribution is -2.37. The number of ether oxygens (including phenoxy) is 1. The van der Waals surface area contributed by atoms with Crippen LogP contribution < -0.4 is 4.74 Å². The van der Waals surface area contributed by atoms with E-state index in [0.717, 1.165) is 23.9 Å². The summed E-state index contributed by atoms with van der Waals surface area (Å²) in [6, 6.07) is 8.15. The molecular formula is C14H20BrNO3S. The van der Waals surface area contributed by atoms with Crippen LogP contribution in [0.25, 0.3) is 0 Å². The normalized spacial score (nSPS) is 18.1. The van der Waals surface area contributed by atoms with Crippen molar-refractivity contribution >= 4 is 26.0 Å². The summed E-state index contributed by atoms with van der Waals surface area (Å²) in [6.07, 6.45) is 3.05. The van der Waals surface area contributed by atoms with Crippen molar-refractivity contribution in [2.75, 3.05) is 31.3 Å². The molecule has 20 heavy (non-hydrogen) atoms. The van der Waals surface area contributed by atoms with Gasteiger partial charge in [0.1, 0.15) is 5.75 Å². The number of sulfonamides is 1. The summed E-state index contributed by atoms with van der Waals surface area (Å²) >= 11 is 3.33. The third-order valence-electron chi connectivity index (χ3n) is 3.62. The highest BCUT2D eigenvalue weighted by molar-refractivity contribution is 9.09. The fourth-order valence-corrected chi connectivity index (χ4v) is 3.55. The van der Waals surface area contributed by atoms with E-state index in [4.69, 9.17) is 4.74 Å². The SMILES string of the molecule is CS(=O)(=O)N1CCC(c2ccc(OCCBr)cc2)CC1. The summed E-state index contributed by atoms with van der Waals surface area (Å²) in [5.41, 5.74) is 1.27. The van der Waals surface area contributed by atoms with Crippen LogP contribution in [0, 0.1) is 0 Å². The summed E-state index contributed by atoms with van der Waals surface area (Å²) in [5.74, 6) is 1.32. The summed E-state index contributed by atoms with van der Waals surface area (Å²) in [6.45, 7) is 1.89. The Morgan fingerprint density at radius 2 is 1.85 bits per heavy atom. The number of nitrogens with zero attached hydrogens (tertiary/aromatic N) is 1. The molecule has 0 atom stereocenters. The second kappa shape index (κ2) is 6.91. The van der Waals surface area contributed by atoms with Gasteiger partial charge in [0, 0.05) is 18.4 Å². The molecule has 112 valence electrons. The van der Waals surface area contributed by atoms with Crippen molar-refractivity contribution in [3.8, 4) is 5.75 Å². The molecule has 0 N–H and O–H groups in total. The van der Waals surface area contributed by atoms with Gasteiger partial charge in [0.15, 0.2) is 0 Å². The Morgan fingerprint density at radius 1 is 1.25 bits per heavy atom. The predicted octanol–water partition coefficient (Wildman–Crippen LogP) is 2.60. The van der Waals surface area contributed by atoms with E-state index >= 15 is 0 Å². The molecule has 1 saturated heterocycles. The maximum absolute atomic E-state index is 11.5. The Morgan fingerprint density at radius 3 is 2.35 bits per heavy atom. The molecule has 0 spiro atoms. The van der Waals surface area contributed by atoms with Crippen molar-refractivity contribution in [2.45, 2.75) is 18.8 Å². The lowest BCUT2D eigenvalue weighted by Gasteiger charge is -2.30. The van der Waals surface area contributed by atoms with Crippen molar-refractivity contribution in [3.63, 3.8) is 0 Å². The van der Waals surface area contributed by atoms with Crippen molar-refractivity contribution < 1.29 is 13.2 Å². The van der Waals surface area contributed by atoms with E-state index in [-0.39, 0.29) is 0 Å². The molecule has 1 aromatic carbocycles. The Balaban J connectivity index is 1.93. The van der Waals surface area contributed by atoms with Gasteiger partial charge in [-0.15, -0.1) is 0 Å². The molecule has 1 aliphatic rings. The number of benzene rings is 1. The van der Waals surface area contributed by atoms with Gasteiger partial charge in [-0.3, -0.25) is 0 Å². The zero-order valence-electron chi connectivity index (χ0n) is 11.6. The van der Waals surface area contributed by atoms with Gasteiger partial charge < -0.3 is 4.74 Å². The van der Waals surface area contributed by atoms with E-state index in [1.165, 1.54) is 11.8 Å². The van der Waals surface area contributed by atoms with Gasteiger partial charge in [0.2, 0.25) is 10.0 Å². The second-order valence-electron chi connectivity index (χ2n) is 5.04. The topological polar surface area (TPSA) is 46.6 Å². The molecule has 0 amide bonds. The number of rotatable bonds is 5. The molecule has 0 saturated carbocycles. The Bertz CT molecular complexity index is 522. The van der Waals surface area contributed by atoms with Crippen LogP contribution in [0.5, 0.6) is 5.75 Å². The highest BCUT2D eigenvalue weighted by atomic mass is 79.9. The average molecular weight is 362 g/mol. The highest BCUT2D eigenvalue weighted by Gasteiger charge is 2.25. The minimum atomic E-state index is -3.04. The largest absolute Gasteiger partial charge is 0.493 e. The van der Waals surface area contributed by atoms with Crippen LogP contribution in [-0.4, -0.2) is 44.0 Å². The first kappa shape index (κ1) is 15.8. The number of halogens is 1. The summed E-state index contributed by atoms with van der Waals surface area (Å²) in [4.78, 5) is 0. The minimum Gasteiger partial charge on any atom is -0.493 e. The van der Waals surface area contributed by atoms with Crippen LogP contribution >= 0.6 is 15.9 Å². The van der Waals surface area contributed by atoms with E-state index in [9.17, 15) is 8.42 Å². The standard InChI is InChI=1S/C14H20BrNO3S/c1-20(17,18)16-9-6-13(7-10-16)12-2-4-14(5-3-12)19-11-8-15/h2-5,13H,6-11H2,1H3. The molecule has 0 unspecified atom stereocenters. The average Bonchev–Trinajstić information content (AvgIpc) is 2.45. The van der Waals surface area contributed by atoms with Gasteiger partial charge in [-0.05, 0) is 36.5 Å². The van der Waals surface area contributed by atoms with Gasteiger partial charge in [-0.1, -0.05) is 28.1 Å². The minimum absolute atomic E-state index is 0.443. The zero-order chi connectivity index (χ0) is 14.6. The van der Waals surface area contributed by atoms with Gasteiger partial charge in [-0.2, -0.15) is 0 Å². The first-order valence-corrected chi connectivity index (χ1v) is 9.71. The molecule has 0 radical (unpaired) electrons. The first-order chi connectivity index (χ1) is 9.50. The molecule has 4 nitrogen and oxygen atoms in total. The second-order valence-corrected chi connectivity index (χ2v) is 7.82. The van der Waals surface area contributed by atoms with E-state index in [1.807, 2.05) is 12.1 Å². The van der Waals surface area contributed by atoms with E-state index in [0.29, 0.717) is 25.6 Å². The third-order valence-corrected chi connectivity index (χ3v) is 5.25. The number of alkyl halides is 1. The maximum atomic E-state index is 11.5. The van der Waals surface area contributed by atoms with Gasteiger partial charge >= 0.3 is 0 Å². The number of hydrogen-bond donors (Lipinski definition) is 0. The summed E-state index contributed by atoms with van der Waals surface area (Å²) < 4.78 is 30.1. The molecule has 1 aliphatic heterocycles. The van der Waals surface area contributed by atoms with Gasteiger partial charge in [0.25, 0.3) is 0 Å². The molecule has 6 heteroatoms. The molecular weight excluding hydrogens is 342 g/mol. The smallest absolute Gasteiger partial charge is 0.211 e. The van der Waals surface area contributed by atoms with Crippen LogP contribution in [0.1, 0.15) is 24.3 Å². The van der Waals surface area contributed by atoms with Crippen molar-refractivity contribution in [2.24, 2.45) is 0 Å². The molecule has 2 rings (SSSR count). The molecule has 0 bridgehead atoms. The Labute approximate surface area is 129 Å². The fourth-order valence-electron chi connectivity index (χ4n) is 2.51. The van der Waals surface area contributed by atoms with Crippen molar-refractivity contribution in [3.05, 3.63) is 29.8 Å². The predicted molar refractivity (Wildman–Crippen MR) is 84.1 cm³/mol. The van der Waals surface area contributed by atoms with Crippen LogP contribution in [-0.2, 0) is 10.0 Å². The fraction of sp³-hybridized carbons (Fsp3) is 0.571. The van der Waals surface area contributed by atoms with Gasteiger partial charge in [0.05, 0.1) is 12.9 Å². The molecule has 1 aromatic rings. The van der Waals surface area contributed by atoms with Crippen LogP contribution in [0.2, 0.25) is 0 Å². The molecule has 1 fully saturated rings. The summed E-state index contributed by atoms with van der Waals surface area (Å²) in [5, 5.41) is 0.818. The quantitative estimate of drug-likeness (QED) is 0.757. The maximum Gasteiger partial charge on any atom is 0.211 e. The van der Waals surface area contributed by atoms with Crippen LogP contribution in [0.3, 0.4) is 0 Å². The molecule has 1 heterocycles. The lowest BCUT2D eigenvalue weighted by atomic mass is 9.90. The number of piperidine rings is 1. The van der Waals surface area contributed by atoms with E-state index in [2.05, 4.69) is 28.1 Å². The van der Waals surface area contributed by atoms with Crippen molar-refractivity contribution in [1.29, 1.82) is 0 Å². The van der Waals surface area contributed by atoms with Gasteiger partial charge in [-0.25, -0.2) is 12.7 Å².